The highest BCUT2D eigenvalue weighted by molar-refractivity contribution is 5.92. The van der Waals surface area contributed by atoms with Gasteiger partial charge in [0.2, 0.25) is 6.41 Å². The summed E-state index contributed by atoms with van der Waals surface area (Å²) in [7, 11) is 0. The van der Waals surface area contributed by atoms with Crippen molar-refractivity contribution in [1.29, 1.82) is 0 Å². The molecule has 1 aromatic carbocycles. The van der Waals surface area contributed by atoms with E-state index in [9.17, 15) is 9.59 Å². The van der Waals surface area contributed by atoms with Crippen LogP contribution in [0.15, 0.2) is 42.5 Å². The summed E-state index contributed by atoms with van der Waals surface area (Å²) in [4.78, 5) is 29.1. The lowest BCUT2D eigenvalue weighted by Gasteiger charge is -2.29. The molecule has 25 heavy (non-hydrogen) atoms. The second-order valence-corrected chi connectivity index (χ2v) is 6.00. The summed E-state index contributed by atoms with van der Waals surface area (Å²) in [6, 6.07) is 14.0. The van der Waals surface area contributed by atoms with Crippen LogP contribution in [0.4, 0.5) is 5.82 Å². The monoisotopic (exact) mass is 338 g/mol. The summed E-state index contributed by atoms with van der Waals surface area (Å²) >= 11 is 0. The maximum absolute atomic E-state index is 12.2. The van der Waals surface area contributed by atoms with Crippen LogP contribution in [0.3, 0.4) is 0 Å². The van der Waals surface area contributed by atoms with Crippen molar-refractivity contribution >= 4 is 18.1 Å². The smallest absolute Gasteiger partial charge is 0.269 e. The van der Waals surface area contributed by atoms with E-state index in [0.717, 1.165) is 25.3 Å². The molecule has 1 aliphatic rings. The summed E-state index contributed by atoms with van der Waals surface area (Å²) < 4.78 is 0. The van der Waals surface area contributed by atoms with E-state index < -0.39 is 0 Å². The molecule has 1 aliphatic heterocycles. The summed E-state index contributed by atoms with van der Waals surface area (Å²) in [6.07, 6.45) is 2.33. The van der Waals surface area contributed by atoms with Crippen molar-refractivity contribution < 1.29 is 9.59 Å². The lowest BCUT2D eigenvalue weighted by Crippen LogP contribution is -2.32. The minimum Gasteiger partial charge on any atom is -0.359 e. The Labute approximate surface area is 147 Å². The largest absolute Gasteiger partial charge is 0.359 e. The van der Waals surface area contributed by atoms with E-state index in [0.29, 0.717) is 31.6 Å². The van der Waals surface area contributed by atoms with Crippen molar-refractivity contribution in [1.82, 2.24) is 15.6 Å². The molecule has 0 saturated carbocycles. The zero-order chi connectivity index (χ0) is 17.5. The number of aromatic nitrogens is 1. The number of hydrogen-bond donors (Lipinski definition) is 2. The molecule has 6 heteroatoms. The number of anilines is 1. The zero-order valence-corrected chi connectivity index (χ0v) is 14.1. The van der Waals surface area contributed by atoms with Crippen LogP contribution in [-0.4, -0.2) is 36.9 Å². The van der Waals surface area contributed by atoms with Crippen LogP contribution in [0.1, 0.15) is 28.0 Å². The highest BCUT2D eigenvalue weighted by atomic mass is 16.2. The topological polar surface area (TPSA) is 74.3 Å². The Bertz CT molecular complexity index is 748. The molecule has 2 heterocycles. The highest BCUT2D eigenvalue weighted by Gasteiger charge is 2.18. The quantitative estimate of drug-likeness (QED) is 0.593. The molecule has 0 bridgehead atoms. The van der Waals surface area contributed by atoms with Gasteiger partial charge < -0.3 is 15.5 Å². The Morgan fingerprint density at radius 1 is 1.12 bits per heavy atom. The first kappa shape index (κ1) is 17.0. The van der Waals surface area contributed by atoms with Crippen molar-refractivity contribution in [3.05, 3.63) is 59.3 Å². The van der Waals surface area contributed by atoms with Crippen LogP contribution >= 0.6 is 0 Å². The van der Waals surface area contributed by atoms with Crippen LogP contribution in [0.2, 0.25) is 0 Å². The average Bonchev–Trinajstić information content (AvgIpc) is 2.67. The van der Waals surface area contributed by atoms with Crippen LogP contribution in [0.25, 0.3) is 0 Å². The van der Waals surface area contributed by atoms with Gasteiger partial charge in [0, 0.05) is 26.2 Å². The first-order valence-electron chi connectivity index (χ1n) is 8.52. The van der Waals surface area contributed by atoms with Crippen molar-refractivity contribution in [2.75, 3.05) is 24.5 Å². The summed E-state index contributed by atoms with van der Waals surface area (Å²) in [5.41, 5.74) is 3.12. The van der Waals surface area contributed by atoms with E-state index in [1.165, 1.54) is 11.1 Å². The van der Waals surface area contributed by atoms with Gasteiger partial charge in [-0.2, -0.15) is 0 Å². The first-order chi connectivity index (χ1) is 12.3. The molecule has 0 radical (unpaired) electrons. The predicted octanol–water partition coefficient (Wildman–Crippen LogP) is 1.51. The third kappa shape index (κ3) is 4.35. The van der Waals surface area contributed by atoms with E-state index in [-0.39, 0.29) is 5.91 Å². The third-order valence-electron chi connectivity index (χ3n) is 4.29. The standard InChI is InChI=1S/C19H22N4O2/c24-14-20-10-4-11-21-19(25)17-7-3-8-18(22-17)23-12-9-15-5-1-2-6-16(15)13-23/h1-3,5-8,14H,4,9-13H2,(H,20,24)(H,21,25). The van der Waals surface area contributed by atoms with Gasteiger partial charge in [0.25, 0.3) is 5.91 Å². The SMILES string of the molecule is O=CNCCCNC(=O)c1cccc(N2CCc3ccccc3C2)n1. The van der Waals surface area contributed by atoms with Gasteiger partial charge in [-0.25, -0.2) is 4.98 Å². The summed E-state index contributed by atoms with van der Waals surface area (Å²) in [5.74, 6) is 0.634. The zero-order valence-electron chi connectivity index (χ0n) is 14.1. The summed E-state index contributed by atoms with van der Waals surface area (Å²) in [5, 5.41) is 5.40. The molecule has 0 unspecified atom stereocenters. The van der Waals surface area contributed by atoms with Crippen molar-refractivity contribution in [3.63, 3.8) is 0 Å². The molecule has 0 fully saturated rings. The number of fused-ring (bicyclic) bond motifs is 1. The molecular formula is C19H22N4O2. The van der Waals surface area contributed by atoms with Gasteiger partial charge in [-0.1, -0.05) is 30.3 Å². The fourth-order valence-electron chi connectivity index (χ4n) is 2.96. The number of pyridine rings is 1. The molecule has 0 saturated heterocycles. The maximum atomic E-state index is 12.2. The van der Waals surface area contributed by atoms with E-state index in [2.05, 4.69) is 44.8 Å². The molecule has 3 rings (SSSR count). The number of amides is 2. The van der Waals surface area contributed by atoms with Gasteiger partial charge in [-0.3, -0.25) is 9.59 Å². The Kier molecular flexibility index (Phi) is 5.61. The predicted molar refractivity (Wildman–Crippen MR) is 96.4 cm³/mol. The van der Waals surface area contributed by atoms with Crippen molar-refractivity contribution in [3.8, 4) is 0 Å². The molecule has 2 aromatic rings. The molecule has 130 valence electrons. The molecule has 0 spiro atoms. The first-order valence-corrected chi connectivity index (χ1v) is 8.52. The van der Waals surface area contributed by atoms with Crippen LogP contribution in [0, 0.1) is 0 Å². The summed E-state index contributed by atoms with van der Waals surface area (Å²) in [6.45, 7) is 2.76. The number of benzene rings is 1. The van der Waals surface area contributed by atoms with Gasteiger partial charge in [-0.05, 0) is 36.1 Å². The second-order valence-electron chi connectivity index (χ2n) is 6.00. The van der Waals surface area contributed by atoms with Gasteiger partial charge >= 0.3 is 0 Å². The van der Waals surface area contributed by atoms with Gasteiger partial charge in [0.15, 0.2) is 0 Å². The van der Waals surface area contributed by atoms with Crippen molar-refractivity contribution in [2.24, 2.45) is 0 Å². The fraction of sp³-hybridized carbons (Fsp3) is 0.316. The molecule has 6 nitrogen and oxygen atoms in total. The van der Waals surface area contributed by atoms with E-state index in [4.69, 9.17) is 0 Å². The molecule has 0 atom stereocenters. The number of hydrogen-bond acceptors (Lipinski definition) is 4. The lowest BCUT2D eigenvalue weighted by atomic mass is 10.00. The molecule has 2 amide bonds. The average molecular weight is 338 g/mol. The normalized spacial score (nSPS) is 13.0. The molecule has 2 N–H and O–H groups in total. The van der Waals surface area contributed by atoms with E-state index >= 15 is 0 Å². The molecule has 0 aliphatic carbocycles. The number of rotatable bonds is 7. The highest BCUT2D eigenvalue weighted by Crippen LogP contribution is 2.23. The molecular weight excluding hydrogens is 316 g/mol. The maximum Gasteiger partial charge on any atom is 0.269 e. The van der Waals surface area contributed by atoms with Crippen LogP contribution in [-0.2, 0) is 17.8 Å². The number of carbonyl (C=O) groups is 2. The third-order valence-corrected chi connectivity index (χ3v) is 4.29. The lowest BCUT2D eigenvalue weighted by molar-refractivity contribution is -0.109. The van der Waals surface area contributed by atoms with Gasteiger partial charge in [-0.15, -0.1) is 0 Å². The Morgan fingerprint density at radius 3 is 2.80 bits per heavy atom. The van der Waals surface area contributed by atoms with E-state index in [1.807, 2.05) is 12.1 Å². The van der Waals surface area contributed by atoms with Crippen LogP contribution < -0.4 is 15.5 Å². The number of nitrogens with one attached hydrogen (secondary N) is 2. The number of carbonyl (C=O) groups excluding carboxylic acids is 2. The van der Waals surface area contributed by atoms with Gasteiger partial charge in [0.05, 0.1) is 0 Å². The van der Waals surface area contributed by atoms with Crippen LogP contribution in [0.5, 0.6) is 0 Å². The molecule has 1 aromatic heterocycles. The Morgan fingerprint density at radius 2 is 1.96 bits per heavy atom. The van der Waals surface area contributed by atoms with Crippen molar-refractivity contribution in [2.45, 2.75) is 19.4 Å². The number of nitrogens with zero attached hydrogens (tertiary/aromatic N) is 2. The van der Waals surface area contributed by atoms with Gasteiger partial charge in [0.1, 0.15) is 11.5 Å². The Balaban J connectivity index is 1.62. The second kappa shape index (κ2) is 8.28. The minimum atomic E-state index is -0.189. The minimum absolute atomic E-state index is 0.189. The Hall–Kier alpha value is -2.89. The van der Waals surface area contributed by atoms with E-state index in [1.54, 1.807) is 6.07 Å². The fourth-order valence-corrected chi connectivity index (χ4v) is 2.96.